The number of hydrogen-bond donors (Lipinski definition) is 1. The highest BCUT2D eigenvalue weighted by atomic mass is 32.1. The van der Waals surface area contributed by atoms with E-state index in [4.69, 9.17) is 4.74 Å². The van der Waals surface area contributed by atoms with Crippen molar-refractivity contribution in [1.82, 2.24) is 9.88 Å². The van der Waals surface area contributed by atoms with Crippen LogP contribution in [0.3, 0.4) is 0 Å². The standard InChI is InChI=1S/C18H21N3O3S/c1-3-24-18(23)20-17-19-14-7-8-21(11-15(14)25-17)16(22)10-13-6-4-5-12(2)9-13/h4-6,9H,3,7-8,10-11H2,1-2H3,(H,19,20,23). The van der Waals surface area contributed by atoms with Gasteiger partial charge in [-0.05, 0) is 19.4 Å². The van der Waals surface area contributed by atoms with Gasteiger partial charge in [0.15, 0.2) is 5.13 Å². The van der Waals surface area contributed by atoms with Gasteiger partial charge in [0, 0.05) is 17.8 Å². The van der Waals surface area contributed by atoms with E-state index in [-0.39, 0.29) is 5.91 Å². The van der Waals surface area contributed by atoms with E-state index in [9.17, 15) is 9.59 Å². The van der Waals surface area contributed by atoms with Gasteiger partial charge < -0.3 is 9.64 Å². The second-order valence-electron chi connectivity index (χ2n) is 5.97. The lowest BCUT2D eigenvalue weighted by Gasteiger charge is -2.26. The third kappa shape index (κ3) is 4.36. The maximum absolute atomic E-state index is 12.6. The molecular weight excluding hydrogens is 338 g/mol. The van der Waals surface area contributed by atoms with Crippen LogP contribution < -0.4 is 5.32 Å². The van der Waals surface area contributed by atoms with Crippen molar-refractivity contribution in [3.8, 4) is 0 Å². The van der Waals surface area contributed by atoms with Crippen molar-refractivity contribution in [2.24, 2.45) is 0 Å². The number of hydrogen-bond acceptors (Lipinski definition) is 5. The number of aryl methyl sites for hydroxylation is 1. The van der Waals surface area contributed by atoms with Crippen molar-refractivity contribution in [3.63, 3.8) is 0 Å². The minimum atomic E-state index is -0.499. The summed E-state index contributed by atoms with van der Waals surface area (Å²) in [6.45, 7) is 5.29. The monoisotopic (exact) mass is 359 g/mol. The predicted octanol–water partition coefficient (Wildman–Crippen LogP) is 3.15. The van der Waals surface area contributed by atoms with Gasteiger partial charge in [-0.1, -0.05) is 41.2 Å². The molecule has 2 amide bonds. The molecule has 1 aliphatic rings. The number of fused-ring (bicyclic) bond motifs is 1. The van der Waals surface area contributed by atoms with Crippen LogP contribution in [0.4, 0.5) is 9.93 Å². The Kier molecular flexibility index (Phi) is 5.33. The average molecular weight is 359 g/mol. The first-order valence-electron chi connectivity index (χ1n) is 8.31. The molecule has 0 aliphatic carbocycles. The van der Waals surface area contributed by atoms with Crippen molar-refractivity contribution >= 4 is 28.5 Å². The summed E-state index contributed by atoms with van der Waals surface area (Å²) >= 11 is 1.40. The summed E-state index contributed by atoms with van der Waals surface area (Å²) in [5.41, 5.74) is 3.14. The second-order valence-corrected chi connectivity index (χ2v) is 7.05. The molecule has 7 heteroatoms. The third-order valence-corrected chi connectivity index (χ3v) is 5.00. The Bertz CT molecular complexity index is 788. The van der Waals surface area contributed by atoms with Crippen LogP contribution >= 0.6 is 11.3 Å². The van der Waals surface area contributed by atoms with Crippen LogP contribution in [-0.2, 0) is 28.9 Å². The fourth-order valence-electron chi connectivity index (χ4n) is 2.82. The molecule has 1 N–H and O–H groups in total. The Morgan fingerprint density at radius 2 is 2.24 bits per heavy atom. The second kappa shape index (κ2) is 7.65. The molecule has 0 atom stereocenters. The first-order valence-corrected chi connectivity index (χ1v) is 9.12. The van der Waals surface area contributed by atoms with Crippen molar-refractivity contribution in [2.45, 2.75) is 33.2 Å². The van der Waals surface area contributed by atoms with E-state index < -0.39 is 6.09 Å². The molecule has 2 aromatic rings. The minimum absolute atomic E-state index is 0.115. The number of thiazole rings is 1. The fraction of sp³-hybridized carbons (Fsp3) is 0.389. The van der Waals surface area contributed by atoms with E-state index in [2.05, 4.69) is 10.3 Å². The van der Waals surface area contributed by atoms with Crippen LogP contribution in [0.5, 0.6) is 0 Å². The number of ether oxygens (including phenoxy) is 1. The van der Waals surface area contributed by atoms with Crippen LogP contribution in [-0.4, -0.2) is 35.0 Å². The summed E-state index contributed by atoms with van der Waals surface area (Å²) in [6.07, 6.45) is 0.612. The zero-order chi connectivity index (χ0) is 17.8. The quantitative estimate of drug-likeness (QED) is 0.910. The molecule has 0 unspecified atom stereocenters. The molecule has 3 rings (SSSR count). The Morgan fingerprint density at radius 3 is 3.00 bits per heavy atom. The zero-order valence-corrected chi connectivity index (χ0v) is 15.2. The van der Waals surface area contributed by atoms with Gasteiger partial charge in [0.05, 0.1) is 25.3 Å². The highest BCUT2D eigenvalue weighted by Crippen LogP contribution is 2.28. The van der Waals surface area contributed by atoms with Crippen molar-refractivity contribution in [2.75, 3.05) is 18.5 Å². The molecule has 0 fully saturated rings. The van der Waals surface area contributed by atoms with E-state index in [0.29, 0.717) is 37.7 Å². The van der Waals surface area contributed by atoms with Gasteiger partial charge in [-0.3, -0.25) is 10.1 Å². The van der Waals surface area contributed by atoms with Crippen LogP contribution in [0.15, 0.2) is 24.3 Å². The van der Waals surface area contributed by atoms with Crippen LogP contribution in [0.1, 0.15) is 28.6 Å². The SMILES string of the molecule is CCOC(=O)Nc1nc2c(s1)CN(C(=O)Cc1cccc(C)c1)CC2. The van der Waals surface area contributed by atoms with Gasteiger partial charge >= 0.3 is 6.09 Å². The topological polar surface area (TPSA) is 71.5 Å². The summed E-state index contributed by atoms with van der Waals surface area (Å²) in [5, 5.41) is 3.16. The molecule has 25 heavy (non-hydrogen) atoms. The number of benzene rings is 1. The summed E-state index contributed by atoms with van der Waals surface area (Å²) < 4.78 is 4.87. The first-order chi connectivity index (χ1) is 12.0. The van der Waals surface area contributed by atoms with Crippen LogP contribution in [0, 0.1) is 6.92 Å². The van der Waals surface area contributed by atoms with Gasteiger partial charge in [0.2, 0.25) is 5.91 Å². The normalized spacial score (nSPS) is 13.3. The molecule has 132 valence electrons. The predicted molar refractivity (Wildman–Crippen MR) is 96.8 cm³/mol. The third-order valence-electron chi connectivity index (χ3n) is 4.01. The number of anilines is 1. The van der Waals surface area contributed by atoms with Gasteiger partial charge in [0.1, 0.15) is 0 Å². The molecule has 0 saturated heterocycles. The van der Waals surface area contributed by atoms with E-state index in [1.807, 2.05) is 36.1 Å². The number of nitrogens with one attached hydrogen (secondary N) is 1. The molecule has 0 spiro atoms. The number of amides is 2. The molecule has 2 heterocycles. The van der Waals surface area contributed by atoms with E-state index >= 15 is 0 Å². The fourth-order valence-corrected chi connectivity index (χ4v) is 3.83. The van der Waals surface area contributed by atoms with Gasteiger partial charge in [-0.25, -0.2) is 9.78 Å². The Balaban J connectivity index is 1.63. The molecular formula is C18H21N3O3S. The zero-order valence-electron chi connectivity index (χ0n) is 14.4. The number of aromatic nitrogens is 1. The maximum atomic E-state index is 12.6. The lowest BCUT2D eigenvalue weighted by Crippen LogP contribution is -2.36. The van der Waals surface area contributed by atoms with Gasteiger partial charge in [-0.2, -0.15) is 0 Å². The number of nitrogens with zero attached hydrogens (tertiary/aromatic N) is 2. The number of carbonyl (C=O) groups is 2. The Hall–Kier alpha value is -2.41. The van der Waals surface area contributed by atoms with Crippen molar-refractivity contribution in [3.05, 3.63) is 46.0 Å². The molecule has 1 aliphatic heterocycles. The number of carbonyl (C=O) groups excluding carboxylic acids is 2. The largest absolute Gasteiger partial charge is 0.450 e. The molecule has 0 saturated carbocycles. The molecule has 1 aromatic carbocycles. The average Bonchev–Trinajstić information content (AvgIpc) is 2.96. The van der Waals surface area contributed by atoms with Crippen LogP contribution in [0.2, 0.25) is 0 Å². The Morgan fingerprint density at radius 1 is 1.40 bits per heavy atom. The first kappa shape index (κ1) is 17.4. The molecule has 0 bridgehead atoms. The lowest BCUT2D eigenvalue weighted by molar-refractivity contribution is -0.131. The smallest absolute Gasteiger partial charge is 0.413 e. The highest BCUT2D eigenvalue weighted by molar-refractivity contribution is 7.15. The number of rotatable bonds is 4. The van der Waals surface area contributed by atoms with Crippen LogP contribution in [0.25, 0.3) is 0 Å². The highest BCUT2D eigenvalue weighted by Gasteiger charge is 2.24. The van der Waals surface area contributed by atoms with Gasteiger partial charge in [0.25, 0.3) is 0 Å². The summed E-state index contributed by atoms with van der Waals surface area (Å²) in [6, 6.07) is 8.02. The summed E-state index contributed by atoms with van der Waals surface area (Å²) in [4.78, 5) is 31.4. The minimum Gasteiger partial charge on any atom is -0.450 e. The molecule has 6 nitrogen and oxygen atoms in total. The summed E-state index contributed by atoms with van der Waals surface area (Å²) in [7, 11) is 0. The molecule has 1 aromatic heterocycles. The maximum Gasteiger partial charge on any atom is 0.413 e. The van der Waals surface area contributed by atoms with E-state index in [1.165, 1.54) is 11.3 Å². The lowest BCUT2D eigenvalue weighted by atomic mass is 10.1. The van der Waals surface area contributed by atoms with Crippen molar-refractivity contribution in [1.29, 1.82) is 0 Å². The summed E-state index contributed by atoms with van der Waals surface area (Å²) in [5.74, 6) is 0.115. The van der Waals surface area contributed by atoms with Gasteiger partial charge in [-0.15, -0.1) is 0 Å². The van der Waals surface area contributed by atoms with Crippen molar-refractivity contribution < 1.29 is 14.3 Å². The Labute approximate surface area is 150 Å². The van der Waals surface area contributed by atoms with E-state index in [1.54, 1.807) is 6.92 Å². The van der Waals surface area contributed by atoms with E-state index in [0.717, 1.165) is 21.7 Å². The molecule has 0 radical (unpaired) electrons.